The number of rotatable bonds is 2. The van der Waals surface area contributed by atoms with Crippen molar-refractivity contribution in [3.05, 3.63) is 30.9 Å². The summed E-state index contributed by atoms with van der Waals surface area (Å²) in [5.74, 6) is 0. The summed E-state index contributed by atoms with van der Waals surface area (Å²) < 4.78 is 0. The molecule has 0 fully saturated rings. The lowest BCUT2D eigenvalue weighted by Gasteiger charge is -2.16. The SMILES string of the molecule is C=CC(C)(C)c1cnc[nH]1. The molecule has 1 aromatic rings. The van der Waals surface area contributed by atoms with E-state index in [1.165, 1.54) is 0 Å². The van der Waals surface area contributed by atoms with Crippen LogP contribution in [0.2, 0.25) is 0 Å². The predicted octanol–water partition coefficient (Wildman–Crippen LogP) is 1.87. The number of imidazole rings is 1. The van der Waals surface area contributed by atoms with Crippen LogP contribution in [0, 0.1) is 0 Å². The number of H-pyrrole nitrogens is 1. The second-order valence-corrected chi connectivity index (χ2v) is 2.89. The molecule has 0 radical (unpaired) electrons. The highest BCUT2D eigenvalue weighted by Gasteiger charge is 2.16. The van der Waals surface area contributed by atoms with Crippen molar-refractivity contribution < 1.29 is 0 Å². The highest BCUT2D eigenvalue weighted by Crippen LogP contribution is 2.20. The maximum Gasteiger partial charge on any atom is 0.0922 e. The molecule has 2 nitrogen and oxygen atoms in total. The molecule has 0 unspecified atom stereocenters. The Morgan fingerprint density at radius 3 is 2.80 bits per heavy atom. The van der Waals surface area contributed by atoms with E-state index in [2.05, 4.69) is 30.4 Å². The Hall–Kier alpha value is -1.05. The van der Waals surface area contributed by atoms with Gasteiger partial charge in [0, 0.05) is 17.3 Å². The lowest BCUT2D eigenvalue weighted by atomic mass is 9.90. The van der Waals surface area contributed by atoms with Gasteiger partial charge in [0.25, 0.3) is 0 Å². The van der Waals surface area contributed by atoms with Crippen LogP contribution < -0.4 is 0 Å². The number of aromatic amines is 1. The predicted molar refractivity (Wildman–Crippen MR) is 41.8 cm³/mol. The molecule has 10 heavy (non-hydrogen) atoms. The molecule has 0 saturated carbocycles. The molecule has 1 heterocycles. The number of nitrogens with one attached hydrogen (secondary N) is 1. The Bertz CT molecular complexity index is 209. The van der Waals surface area contributed by atoms with Crippen LogP contribution in [0.25, 0.3) is 0 Å². The lowest BCUT2D eigenvalue weighted by molar-refractivity contribution is 0.650. The van der Waals surface area contributed by atoms with Gasteiger partial charge in [-0.25, -0.2) is 4.98 Å². The maximum absolute atomic E-state index is 3.93. The van der Waals surface area contributed by atoms with Gasteiger partial charge < -0.3 is 4.98 Å². The minimum absolute atomic E-state index is 0.0104. The van der Waals surface area contributed by atoms with E-state index >= 15 is 0 Å². The van der Waals surface area contributed by atoms with E-state index in [0.29, 0.717) is 0 Å². The molecule has 0 aliphatic rings. The Morgan fingerprint density at radius 1 is 1.70 bits per heavy atom. The molecule has 0 bridgehead atoms. The van der Waals surface area contributed by atoms with Crippen molar-refractivity contribution >= 4 is 0 Å². The van der Waals surface area contributed by atoms with Crippen molar-refractivity contribution in [3.8, 4) is 0 Å². The van der Waals surface area contributed by atoms with Crippen LogP contribution in [0.5, 0.6) is 0 Å². The average molecular weight is 136 g/mol. The third kappa shape index (κ3) is 1.10. The van der Waals surface area contributed by atoms with Gasteiger partial charge in [-0.05, 0) is 0 Å². The molecule has 0 amide bonds. The highest BCUT2D eigenvalue weighted by atomic mass is 14.9. The first kappa shape index (κ1) is 7.06. The number of hydrogen-bond acceptors (Lipinski definition) is 1. The molecule has 2 heteroatoms. The molecule has 0 atom stereocenters. The normalized spacial score (nSPS) is 11.4. The summed E-state index contributed by atoms with van der Waals surface area (Å²) in [4.78, 5) is 6.98. The zero-order chi connectivity index (χ0) is 7.61. The molecule has 0 spiro atoms. The van der Waals surface area contributed by atoms with Gasteiger partial charge in [-0.3, -0.25) is 0 Å². The van der Waals surface area contributed by atoms with Crippen molar-refractivity contribution in [2.45, 2.75) is 19.3 Å². The van der Waals surface area contributed by atoms with Crippen LogP contribution >= 0.6 is 0 Å². The maximum atomic E-state index is 3.93. The van der Waals surface area contributed by atoms with E-state index in [4.69, 9.17) is 0 Å². The van der Waals surface area contributed by atoms with E-state index in [1.807, 2.05) is 12.3 Å². The van der Waals surface area contributed by atoms with Crippen LogP contribution in [-0.4, -0.2) is 9.97 Å². The van der Waals surface area contributed by atoms with E-state index in [0.717, 1.165) is 5.69 Å². The molecule has 0 aliphatic carbocycles. The lowest BCUT2D eigenvalue weighted by Crippen LogP contribution is -2.12. The van der Waals surface area contributed by atoms with Crippen LogP contribution in [0.3, 0.4) is 0 Å². The molecule has 54 valence electrons. The molecule has 0 saturated heterocycles. The monoisotopic (exact) mass is 136 g/mol. The fraction of sp³-hybridized carbons (Fsp3) is 0.375. The zero-order valence-corrected chi connectivity index (χ0v) is 6.39. The first-order chi connectivity index (χ1) is 4.67. The minimum atomic E-state index is 0.0104. The van der Waals surface area contributed by atoms with E-state index in [1.54, 1.807) is 6.33 Å². The van der Waals surface area contributed by atoms with Crippen molar-refractivity contribution in [1.29, 1.82) is 0 Å². The van der Waals surface area contributed by atoms with Gasteiger partial charge in [-0.15, -0.1) is 6.58 Å². The Balaban J connectivity index is 2.95. The summed E-state index contributed by atoms with van der Waals surface area (Å²) in [5.41, 5.74) is 1.11. The standard InChI is InChI=1S/C8H12N2/c1-4-8(2,3)7-5-9-6-10-7/h4-6H,1H2,2-3H3,(H,9,10). The summed E-state index contributed by atoms with van der Waals surface area (Å²) in [7, 11) is 0. The Kier molecular flexibility index (Phi) is 1.62. The number of nitrogens with zero attached hydrogens (tertiary/aromatic N) is 1. The molecule has 1 aromatic heterocycles. The number of hydrogen-bond donors (Lipinski definition) is 1. The summed E-state index contributed by atoms with van der Waals surface area (Å²) in [6.07, 6.45) is 5.41. The second-order valence-electron chi connectivity index (χ2n) is 2.89. The van der Waals surface area contributed by atoms with Gasteiger partial charge in [-0.2, -0.15) is 0 Å². The van der Waals surface area contributed by atoms with Crippen LogP contribution in [-0.2, 0) is 5.41 Å². The minimum Gasteiger partial charge on any atom is -0.348 e. The van der Waals surface area contributed by atoms with Gasteiger partial charge >= 0.3 is 0 Å². The molecular formula is C8H12N2. The van der Waals surface area contributed by atoms with Gasteiger partial charge in [0.05, 0.1) is 6.33 Å². The molecule has 1 N–H and O–H groups in total. The summed E-state index contributed by atoms with van der Waals surface area (Å²) in [6, 6.07) is 0. The second kappa shape index (κ2) is 2.29. The Labute approximate surface area is 61.0 Å². The topological polar surface area (TPSA) is 28.7 Å². The van der Waals surface area contributed by atoms with Crippen LogP contribution in [0.1, 0.15) is 19.5 Å². The average Bonchev–Trinajstić information content (AvgIpc) is 2.38. The van der Waals surface area contributed by atoms with Gasteiger partial charge in [0.2, 0.25) is 0 Å². The van der Waals surface area contributed by atoms with Crippen molar-refractivity contribution in [2.75, 3.05) is 0 Å². The van der Waals surface area contributed by atoms with E-state index < -0.39 is 0 Å². The molecular weight excluding hydrogens is 124 g/mol. The summed E-state index contributed by atoms with van der Waals surface area (Å²) in [5, 5.41) is 0. The van der Waals surface area contributed by atoms with Gasteiger partial charge in [-0.1, -0.05) is 19.9 Å². The highest BCUT2D eigenvalue weighted by molar-refractivity contribution is 5.17. The van der Waals surface area contributed by atoms with Crippen molar-refractivity contribution in [3.63, 3.8) is 0 Å². The van der Waals surface area contributed by atoms with Crippen molar-refractivity contribution in [1.82, 2.24) is 9.97 Å². The van der Waals surface area contributed by atoms with Crippen molar-refractivity contribution in [2.24, 2.45) is 0 Å². The van der Waals surface area contributed by atoms with Gasteiger partial charge in [0.15, 0.2) is 0 Å². The fourth-order valence-electron chi connectivity index (χ4n) is 0.718. The van der Waals surface area contributed by atoms with Gasteiger partial charge in [0.1, 0.15) is 0 Å². The molecule has 0 aromatic carbocycles. The van der Waals surface area contributed by atoms with E-state index in [-0.39, 0.29) is 5.41 Å². The first-order valence-corrected chi connectivity index (χ1v) is 3.29. The van der Waals surface area contributed by atoms with Crippen LogP contribution in [0.15, 0.2) is 25.2 Å². The number of aromatic nitrogens is 2. The van der Waals surface area contributed by atoms with E-state index in [9.17, 15) is 0 Å². The largest absolute Gasteiger partial charge is 0.348 e. The third-order valence-corrected chi connectivity index (χ3v) is 1.70. The first-order valence-electron chi connectivity index (χ1n) is 3.29. The third-order valence-electron chi connectivity index (χ3n) is 1.70. The Morgan fingerprint density at radius 2 is 2.40 bits per heavy atom. The molecule has 0 aliphatic heterocycles. The summed E-state index contributed by atoms with van der Waals surface area (Å²) >= 11 is 0. The fourth-order valence-corrected chi connectivity index (χ4v) is 0.718. The number of allylic oxidation sites excluding steroid dienone is 1. The summed E-state index contributed by atoms with van der Waals surface area (Å²) in [6.45, 7) is 7.92. The zero-order valence-electron chi connectivity index (χ0n) is 6.39. The molecule has 1 rings (SSSR count). The van der Waals surface area contributed by atoms with Crippen LogP contribution in [0.4, 0.5) is 0 Å². The smallest absolute Gasteiger partial charge is 0.0922 e. The quantitative estimate of drug-likeness (QED) is 0.618.